The first-order valence-electron chi connectivity index (χ1n) is 9.58. The number of hydrogen-bond donors (Lipinski definition) is 0. The molecule has 0 saturated carbocycles. The average Bonchev–Trinajstić information content (AvgIpc) is 2.76. The molecule has 0 bridgehead atoms. The van der Waals surface area contributed by atoms with E-state index in [2.05, 4.69) is 25.7 Å². The van der Waals surface area contributed by atoms with Crippen LogP contribution >= 0.6 is 0 Å². The highest BCUT2D eigenvalue weighted by Gasteiger charge is 2.41. The van der Waals surface area contributed by atoms with E-state index in [9.17, 15) is 13.2 Å². The highest BCUT2D eigenvalue weighted by Crippen LogP contribution is 2.27. The SMILES string of the molecule is CC1C(OS(C)(=O)=O)OC(=O)N1CCCCC1CCN(C(C)(C)C)CC1. The smallest absolute Gasteiger partial charge is 0.412 e. The Hall–Kier alpha value is -0.860. The number of unbranched alkanes of at least 4 members (excludes halogenated alkanes) is 1. The number of nitrogens with zero attached hydrogens (tertiary/aromatic N) is 2. The summed E-state index contributed by atoms with van der Waals surface area (Å²) in [7, 11) is -3.65. The van der Waals surface area contributed by atoms with Crippen molar-refractivity contribution in [3.05, 3.63) is 0 Å². The summed E-state index contributed by atoms with van der Waals surface area (Å²) in [5.74, 6) is 0.762. The van der Waals surface area contributed by atoms with E-state index in [-0.39, 0.29) is 5.54 Å². The molecule has 0 aromatic rings. The van der Waals surface area contributed by atoms with Gasteiger partial charge >= 0.3 is 6.09 Å². The molecule has 8 heteroatoms. The fourth-order valence-corrected chi connectivity index (χ4v) is 4.30. The molecule has 2 aliphatic heterocycles. The van der Waals surface area contributed by atoms with Crippen molar-refractivity contribution in [1.82, 2.24) is 9.80 Å². The van der Waals surface area contributed by atoms with Gasteiger partial charge in [-0.15, -0.1) is 0 Å². The minimum Gasteiger partial charge on any atom is -0.416 e. The summed E-state index contributed by atoms with van der Waals surface area (Å²) in [6, 6.07) is -0.396. The quantitative estimate of drug-likeness (QED) is 0.491. The highest BCUT2D eigenvalue weighted by atomic mass is 32.2. The van der Waals surface area contributed by atoms with Gasteiger partial charge in [0.15, 0.2) is 0 Å². The Kier molecular flexibility index (Phi) is 6.96. The first-order chi connectivity index (χ1) is 12.0. The summed E-state index contributed by atoms with van der Waals surface area (Å²) in [5, 5.41) is 0. The lowest BCUT2D eigenvalue weighted by Gasteiger charge is -2.41. The van der Waals surface area contributed by atoms with Crippen molar-refractivity contribution >= 4 is 16.2 Å². The lowest BCUT2D eigenvalue weighted by Crippen LogP contribution is -2.46. The number of rotatable bonds is 7. The van der Waals surface area contributed by atoms with E-state index in [0.717, 1.165) is 38.1 Å². The Morgan fingerprint density at radius 3 is 2.35 bits per heavy atom. The molecule has 0 spiro atoms. The first-order valence-corrected chi connectivity index (χ1v) is 11.4. The molecule has 0 N–H and O–H groups in total. The molecule has 2 heterocycles. The topological polar surface area (TPSA) is 76.2 Å². The van der Waals surface area contributed by atoms with Crippen LogP contribution in [-0.2, 0) is 19.0 Å². The zero-order valence-corrected chi connectivity index (χ0v) is 17.5. The molecule has 7 nitrogen and oxygen atoms in total. The van der Waals surface area contributed by atoms with Crippen molar-refractivity contribution in [2.75, 3.05) is 25.9 Å². The molecule has 0 aromatic heterocycles. The minimum atomic E-state index is -3.65. The van der Waals surface area contributed by atoms with Gasteiger partial charge in [0.05, 0.1) is 12.3 Å². The second-order valence-electron chi connectivity index (χ2n) is 8.58. The number of carbonyl (C=O) groups is 1. The van der Waals surface area contributed by atoms with Crippen LogP contribution in [-0.4, -0.2) is 68.1 Å². The molecule has 2 aliphatic rings. The summed E-state index contributed by atoms with van der Waals surface area (Å²) in [6.07, 6.45) is 5.04. The van der Waals surface area contributed by atoms with Crippen LogP contribution in [0.25, 0.3) is 0 Å². The van der Waals surface area contributed by atoms with Crippen LogP contribution in [0, 0.1) is 5.92 Å². The van der Waals surface area contributed by atoms with Gasteiger partial charge in [0, 0.05) is 12.1 Å². The van der Waals surface area contributed by atoms with Crippen LogP contribution in [0.3, 0.4) is 0 Å². The number of likely N-dealkylation sites (tertiary alicyclic amines) is 1. The number of amides is 1. The Morgan fingerprint density at radius 1 is 1.19 bits per heavy atom. The van der Waals surface area contributed by atoms with Crippen molar-refractivity contribution in [1.29, 1.82) is 0 Å². The monoisotopic (exact) mass is 390 g/mol. The van der Waals surface area contributed by atoms with Gasteiger partial charge in [-0.1, -0.05) is 12.8 Å². The molecule has 0 aliphatic carbocycles. The summed E-state index contributed by atoms with van der Waals surface area (Å²) in [4.78, 5) is 16.0. The van der Waals surface area contributed by atoms with E-state index in [1.165, 1.54) is 19.3 Å². The van der Waals surface area contributed by atoms with E-state index in [0.29, 0.717) is 6.54 Å². The lowest BCUT2D eigenvalue weighted by atomic mass is 9.89. The fraction of sp³-hybridized carbons (Fsp3) is 0.944. The normalized spacial score (nSPS) is 26.3. The maximum atomic E-state index is 11.9. The second kappa shape index (κ2) is 8.44. The third kappa shape index (κ3) is 6.09. The van der Waals surface area contributed by atoms with Crippen LogP contribution < -0.4 is 0 Å². The third-order valence-corrected chi connectivity index (χ3v) is 5.97. The van der Waals surface area contributed by atoms with Gasteiger partial charge in [0.2, 0.25) is 6.29 Å². The van der Waals surface area contributed by atoms with Gasteiger partial charge in [-0.2, -0.15) is 8.42 Å². The molecule has 2 fully saturated rings. The minimum absolute atomic E-state index is 0.252. The fourth-order valence-electron chi connectivity index (χ4n) is 3.75. The van der Waals surface area contributed by atoms with Crippen molar-refractivity contribution < 1.29 is 22.1 Å². The van der Waals surface area contributed by atoms with E-state index in [1.54, 1.807) is 11.8 Å². The van der Waals surface area contributed by atoms with Crippen molar-refractivity contribution in [3.8, 4) is 0 Å². The number of piperidine rings is 1. The molecule has 0 aromatic carbocycles. The molecule has 26 heavy (non-hydrogen) atoms. The van der Waals surface area contributed by atoms with Crippen LogP contribution in [0.1, 0.15) is 59.8 Å². The molecule has 0 radical (unpaired) electrons. The number of ether oxygens (including phenoxy) is 1. The van der Waals surface area contributed by atoms with Gasteiger partial charge in [0.25, 0.3) is 10.1 Å². The summed E-state index contributed by atoms with van der Waals surface area (Å²) >= 11 is 0. The lowest BCUT2D eigenvalue weighted by molar-refractivity contribution is -0.00744. The summed E-state index contributed by atoms with van der Waals surface area (Å²) < 4.78 is 32.3. The van der Waals surface area contributed by atoms with Gasteiger partial charge < -0.3 is 4.74 Å². The van der Waals surface area contributed by atoms with Gasteiger partial charge in [-0.25, -0.2) is 8.98 Å². The molecule has 152 valence electrons. The molecule has 2 saturated heterocycles. The maximum absolute atomic E-state index is 11.9. The largest absolute Gasteiger partial charge is 0.416 e. The Balaban J connectivity index is 1.68. The second-order valence-corrected chi connectivity index (χ2v) is 10.2. The van der Waals surface area contributed by atoms with Crippen LogP contribution in [0.2, 0.25) is 0 Å². The van der Waals surface area contributed by atoms with Crippen LogP contribution in [0.5, 0.6) is 0 Å². The Morgan fingerprint density at radius 2 is 1.81 bits per heavy atom. The van der Waals surface area contributed by atoms with Crippen LogP contribution in [0.15, 0.2) is 0 Å². The molecular weight excluding hydrogens is 356 g/mol. The molecule has 2 atom stereocenters. The predicted octanol–water partition coefficient (Wildman–Crippen LogP) is 2.81. The number of cyclic esters (lactones) is 1. The van der Waals surface area contributed by atoms with Crippen molar-refractivity contribution in [3.63, 3.8) is 0 Å². The van der Waals surface area contributed by atoms with E-state index >= 15 is 0 Å². The summed E-state index contributed by atoms with van der Waals surface area (Å²) in [5.41, 5.74) is 0.252. The zero-order chi connectivity index (χ0) is 19.5. The van der Waals surface area contributed by atoms with Crippen molar-refractivity contribution in [2.45, 2.75) is 77.7 Å². The predicted molar refractivity (Wildman–Crippen MR) is 100 cm³/mol. The Bertz CT molecular complexity index is 579. The van der Waals surface area contributed by atoms with Gasteiger partial charge in [-0.05, 0) is 66.0 Å². The average molecular weight is 391 g/mol. The highest BCUT2D eigenvalue weighted by molar-refractivity contribution is 7.86. The van der Waals surface area contributed by atoms with E-state index in [4.69, 9.17) is 8.92 Å². The molecule has 1 amide bonds. The molecular formula is C18H34N2O5S. The maximum Gasteiger partial charge on any atom is 0.412 e. The van der Waals surface area contributed by atoms with Crippen molar-refractivity contribution in [2.24, 2.45) is 5.92 Å². The van der Waals surface area contributed by atoms with Crippen LogP contribution in [0.4, 0.5) is 4.79 Å². The Labute approximate surface area is 158 Å². The van der Waals surface area contributed by atoms with Gasteiger partial charge in [-0.3, -0.25) is 9.80 Å². The standard InChI is InChI=1S/C18H34N2O5S/c1-14-16(25-26(5,22)23)24-17(21)20(14)11-7-6-8-15-9-12-19(13-10-15)18(2,3)4/h14-16H,6-13H2,1-5H3. The summed E-state index contributed by atoms with van der Waals surface area (Å²) in [6.45, 7) is 11.5. The first kappa shape index (κ1) is 21.4. The molecule has 2 unspecified atom stereocenters. The van der Waals surface area contributed by atoms with Gasteiger partial charge in [0.1, 0.15) is 0 Å². The number of carbonyl (C=O) groups excluding carboxylic acids is 1. The molecule has 2 rings (SSSR count). The third-order valence-electron chi connectivity index (χ3n) is 5.43. The number of hydrogen-bond acceptors (Lipinski definition) is 6. The van der Waals surface area contributed by atoms with E-state index < -0.39 is 28.5 Å². The van der Waals surface area contributed by atoms with E-state index in [1.807, 2.05) is 0 Å². The zero-order valence-electron chi connectivity index (χ0n) is 16.7.